The van der Waals surface area contributed by atoms with Crippen molar-refractivity contribution in [2.75, 3.05) is 6.54 Å². The molecule has 0 aromatic heterocycles. The summed E-state index contributed by atoms with van der Waals surface area (Å²) >= 11 is 0. The van der Waals surface area contributed by atoms with Gasteiger partial charge in [-0.1, -0.05) is 12.8 Å². The highest BCUT2D eigenvalue weighted by atomic mass is 16.4. The summed E-state index contributed by atoms with van der Waals surface area (Å²) in [6.45, 7) is 5.44. The molecule has 1 saturated carbocycles. The fraction of sp³-hybridized carbons (Fsp3) is 0.875. The van der Waals surface area contributed by atoms with Crippen LogP contribution in [0.2, 0.25) is 0 Å². The zero-order valence-corrected chi connectivity index (χ0v) is 13.4. The number of nitrogens with zero attached hydrogens (tertiary/aromatic N) is 1. The summed E-state index contributed by atoms with van der Waals surface area (Å²) in [4.78, 5) is 25.3. The molecule has 21 heavy (non-hydrogen) atoms. The second kappa shape index (κ2) is 6.34. The highest BCUT2D eigenvalue weighted by molar-refractivity contribution is 5.86. The van der Waals surface area contributed by atoms with Gasteiger partial charge in [-0.2, -0.15) is 0 Å². The van der Waals surface area contributed by atoms with Gasteiger partial charge in [0.05, 0.1) is 6.04 Å². The van der Waals surface area contributed by atoms with E-state index in [1.54, 1.807) is 0 Å². The summed E-state index contributed by atoms with van der Waals surface area (Å²) < 4.78 is 0. The molecule has 3 atom stereocenters. The zero-order chi connectivity index (χ0) is 15.6. The average molecular weight is 296 g/mol. The van der Waals surface area contributed by atoms with Crippen LogP contribution in [-0.2, 0) is 9.59 Å². The predicted molar refractivity (Wildman–Crippen MR) is 81.0 cm³/mol. The highest BCUT2D eigenvalue weighted by Gasteiger charge is 2.38. The van der Waals surface area contributed by atoms with E-state index in [0.29, 0.717) is 12.0 Å². The average Bonchev–Trinajstić information content (AvgIpc) is 2.42. The van der Waals surface area contributed by atoms with Crippen LogP contribution in [0, 0.1) is 5.92 Å². The molecular weight excluding hydrogens is 268 g/mol. The number of carboxylic acid groups (broad SMARTS) is 1. The first kappa shape index (κ1) is 16.3. The van der Waals surface area contributed by atoms with Gasteiger partial charge in [-0.3, -0.25) is 9.59 Å². The van der Waals surface area contributed by atoms with Crippen molar-refractivity contribution in [3.63, 3.8) is 0 Å². The Bertz CT molecular complexity index is 403. The number of hydrogen-bond donors (Lipinski definition) is 2. The Morgan fingerprint density at radius 2 is 1.81 bits per heavy atom. The van der Waals surface area contributed by atoms with Crippen LogP contribution in [0.1, 0.15) is 59.3 Å². The van der Waals surface area contributed by atoms with Gasteiger partial charge in [0.15, 0.2) is 0 Å². The number of carbonyl (C=O) groups is 2. The molecule has 0 spiro atoms. The first-order valence-electron chi connectivity index (χ1n) is 8.08. The molecule has 0 radical (unpaired) electrons. The largest absolute Gasteiger partial charge is 0.480 e. The fourth-order valence-electron chi connectivity index (χ4n) is 3.66. The minimum absolute atomic E-state index is 0.0612. The van der Waals surface area contributed by atoms with Crippen molar-refractivity contribution in [2.45, 2.75) is 76.9 Å². The number of rotatable bonds is 3. The Morgan fingerprint density at radius 1 is 1.14 bits per heavy atom. The molecule has 2 aliphatic rings. The van der Waals surface area contributed by atoms with E-state index >= 15 is 0 Å². The first-order valence-corrected chi connectivity index (χ1v) is 8.08. The van der Waals surface area contributed by atoms with E-state index in [0.717, 1.165) is 19.3 Å². The molecule has 3 unspecified atom stereocenters. The lowest BCUT2D eigenvalue weighted by atomic mass is 9.77. The normalized spacial score (nSPS) is 29.6. The summed E-state index contributed by atoms with van der Waals surface area (Å²) in [5, 5.41) is 12.6. The number of nitrogens with one attached hydrogen (secondary N) is 1. The fourth-order valence-corrected chi connectivity index (χ4v) is 3.66. The molecule has 2 fully saturated rings. The van der Waals surface area contributed by atoms with E-state index in [1.807, 2.05) is 20.8 Å². The molecule has 1 heterocycles. The predicted octanol–water partition coefficient (Wildman–Crippen LogP) is 2.01. The minimum atomic E-state index is -0.954. The summed E-state index contributed by atoms with van der Waals surface area (Å²) in [7, 11) is 0. The quantitative estimate of drug-likeness (QED) is 0.836. The van der Waals surface area contributed by atoms with Gasteiger partial charge in [0.1, 0.15) is 6.54 Å². The number of amides is 1. The molecule has 1 amide bonds. The molecule has 1 saturated heterocycles. The number of hydrogen-bond acceptors (Lipinski definition) is 3. The van der Waals surface area contributed by atoms with Crippen molar-refractivity contribution in [1.82, 2.24) is 10.2 Å². The molecule has 0 aromatic rings. The van der Waals surface area contributed by atoms with Crippen molar-refractivity contribution in [2.24, 2.45) is 5.92 Å². The second-order valence-corrected chi connectivity index (χ2v) is 7.44. The second-order valence-electron chi connectivity index (χ2n) is 7.44. The summed E-state index contributed by atoms with van der Waals surface area (Å²) in [5.74, 6) is -0.316. The third-order valence-electron chi connectivity index (χ3n) is 4.82. The molecule has 0 aromatic carbocycles. The lowest BCUT2D eigenvalue weighted by molar-refractivity contribution is -0.150. The summed E-state index contributed by atoms with van der Waals surface area (Å²) in [5.41, 5.74) is -0.472. The van der Waals surface area contributed by atoms with Crippen molar-refractivity contribution in [3.8, 4) is 0 Å². The van der Waals surface area contributed by atoms with Gasteiger partial charge in [0.25, 0.3) is 0 Å². The Kier molecular flexibility index (Phi) is 4.91. The van der Waals surface area contributed by atoms with E-state index in [1.165, 1.54) is 24.2 Å². The Labute approximate surface area is 127 Å². The Morgan fingerprint density at radius 3 is 2.43 bits per heavy atom. The topological polar surface area (TPSA) is 69.6 Å². The van der Waals surface area contributed by atoms with E-state index in [4.69, 9.17) is 5.11 Å². The van der Waals surface area contributed by atoms with Gasteiger partial charge < -0.3 is 15.3 Å². The monoisotopic (exact) mass is 296 g/mol. The van der Waals surface area contributed by atoms with Crippen LogP contribution in [0.3, 0.4) is 0 Å². The molecular formula is C16H28N2O3. The maximum absolute atomic E-state index is 12.8. The maximum atomic E-state index is 12.8. The van der Waals surface area contributed by atoms with Gasteiger partial charge in [0.2, 0.25) is 5.91 Å². The Hall–Kier alpha value is -1.10. The van der Waals surface area contributed by atoms with Gasteiger partial charge in [-0.25, -0.2) is 0 Å². The number of carboxylic acids is 1. The van der Waals surface area contributed by atoms with Gasteiger partial charge in [-0.05, 0) is 52.4 Å². The SMILES string of the molecule is CC(C)(C)N(CC(=O)O)C(=O)C1CCC2CCCCC2N1. The summed E-state index contributed by atoms with van der Waals surface area (Å²) in [6, 6.07) is 0.219. The maximum Gasteiger partial charge on any atom is 0.323 e. The van der Waals surface area contributed by atoms with Crippen LogP contribution < -0.4 is 5.32 Å². The lowest BCUT2D eigenvalue weighted by Crippen LogP contribution is -2.59. The smallest absolute Gasteiger partial charge is 0.323 e. The zero-order valence-electron chi connectivity index (χ0n) is 13.4. The standard InChI is InChI=1S/C16H28N2O3/c1-16(2,3)18(10-14(19)20)15(21)13-9-8-11-6-4-5-7-12(11)17-13/h11-13,17H,4-10H2,1-3H3,(H,19,20). The highest BCUT2D eigenvalue weighted by Crippen LogP contribution is 2.33. The molecule has 1 aliphatic heterocycles. The van der Waals surface area contributed by atoms with Crippen molar-refractivity contribution in [3.05, 3.63) is 0 Å². The molecule has 0 bridgehead atoms. The molecule has 2 N–H and O–H groups in total. The van der Waals surface area contributed by atoms with Crippen LogP contribution in [0.5, 0.6) is 0 Å². The van der Waals surface area contributed by atoms with Crippen LogP contribution in [0.25, 0.3) is 0 Å². The summed E-state index contributed by atoms with van der Waals surface area (Å²) in [6.07, 6.45) is 6.84. The van der Waals surface area contributed by atoms with E-state index in [9.17, 15) is 9.59 Å². The molecule has 120 valence electrons. The third kappa shape index (κ3) is 3.96. The van der Waals surface area contributed by atoms with Crippen LogP contribution in [0.4, 0.5) is 0 Å². The minimum Gasteiger partial charge on any atom is -0.480 e. The number of fused-ring (bicyclic) bond motifs is 1. The van der Waals surface area contributed by atoms with Crippen LogP contribution in [-0.4, -0.2) is 46.1 Å². The number of aliphatic carboxylic acids is 1. The number of carbonyl (C=O) groups excluding carboxylic acids is 1. The molecule has 5 nitrogen and oxygen atoms in total. The third-order valence-corrected chi connectivity index (χ3v) is 4.82. The Balaban J connectivity index is 2.05. The van der Waals surface area contributed by atoms with Crippen molar-refractivity contribution >= 4 is 11.9 Å². The van der Waals surface area contributed by atoms with E-state index < -0.39 is 11.5 Å². The van der Waals surface area contributed by atoms with Crippen LogP contribution >= 0.6 is 0 Å². The molecule has 2 rings (SSSR count). The van der Waals surface area contributed by atoms with E-state index in [2.05, 4.69) is 5.32 Å². The lowest BCUT2D eigenvalue weighted by Gasteiger charge is -2.43. The van der Waals surface area contributed by atoms with Crippen molar-refractivity contribution in [1.29, 1.82) is 0 Å². The number of piperidine rings is 1. The van der Waals surface area contributed by atoms with Gasteiger partial charge in [-0.15, -0.1) is 0 Å². The van der Waals surface area contributed by atoms with Gasteiger partial charge >= 0.3 is 5.97 Å². The van der Waals surface area contributed by atoms with Crippen molar-refractivity contribution < 1.29 is 14.7 Å². The van der Waals surface area contributed by atoms with E-state index in [-0.39, 0.29) is 18.5 Å². The molecule has 5 heteroatoms. The molecule has 1 aliphatic carbocycles. The first-order chi connectivity index (χ1) is 9.79. The van der Waals surface area contributed by atoms with Crippen LogP contribution in [0.15, 0.2) is 0 Å². The van der Waals surface area contributed by atoms with Gasteiger partial charge in [0, 0.05) is 11.6 Å².